The van der Waals surface area contributed by atoms with Gasteiger partial charge >= 0.3 is 0 Å². The maximum atomic E-state index is 13.4. The third-order valence-electron chi connectivity index (χ3n) is 7.36. The standard InChI is InChI=1S/C33H36FN5O2S/c1-2-16-39(32(40)27-12-14-28(34)15-13-27)23-29-11-7-18-38(29)24-31-35-30(25-42-31)33(41)37-21-19-36(20-22-37)17-6-10-26-8-4-3-5-9-26/h3-15,18,25H,2,16-17,19-24H2,1H3/b10-6+. The summed E-state index contributed by atoms with van der Waals surface area (Å²) in [4.78, 5) is 37.0. The highest BCUT2D eigenvalue weighted by atomic mass is 32.1. The van der Waals surface area contributed by atoms with Crippen molar-refractivity contribution < 1.29 is 14.0 Å². The van der Waals surface area contributed by atoms with Gasteiger partial charge in [-0.25, -0.2) is 9.37 Å². The van der Waals surface area contributed by atoms with Crippen LogP contribution >= 0.6 is 11.3 Å². The minimum Gasteiger partial charge on any atom is -0.343 e. The van der Waals surface area contributed by atoms with Crippen molar-refractivity contribution in [3.63, 3.8) is 0 Å². The van der Waals surface area contributed by atoms with E-state index in [0.717, 1.165) is 36.8 Å². The Hall–Kier alpha value is -4.08. The number of hydrogen-bond donors (Lipinski definition) is 0. The zero-order chi connectivity index (χ0) is 29.3. The number of nitrogens with zero attached hydrogens (tertiary/aromatic N) is 5. The van der Waals surface area contributed by atoms with E-state index in [2.05, 4.69) is 38.7 Å². The highest BCUT2D eigenvalue weighted by Crippen LogP contribution is 2.18. The van der Waals surface area contributed by atoms with Crippen molar-refractivity contribution in [2.24, 2.45) is 0 Å². The Balaban J connectivity index is 1.15. The molecule has 1 fully saturated rings. The van der Waals surface area contributed by atoms with Gasteiger partial charge in [0.25, 0.3) is 11.8 Å². The summed E-state index contributed by atoms with van der Waals surface area (Å²) in [6.07, 6.45) is 7.09. The SMILES string of the molecule is CCCN(Cc1cccn1Cc1nc(C(=O)N2CCN(C/C=C/c3ccccc3)CC2)cs1)C(=O)c1ccc(F)cc1. The van der Waals surface area contributed by atoms with Crippen LogP contribution in [0.15, 0.2) is 84.4 Å². The molecule has 2 amide bonds. The lowest BCUT2D eigenvalue weighted by molar-refractivity contribution is 0.0644. The predicted molar refractivity (Wildman–Crippen MR) is 165 cm³/mol. The molecule has 0 N–H and O–H groups in total. The van der Waals surface area contributed by atoms with Crippen molar-refractivity contribution in [2.45, 2.75) is 26.4 Å². The molecule has 7 nitrogen and oxygen atoms in total. The minimum atomic E-state index is -0.363. The number of carbonyl (C=O) groups is 2. The van der Waals surface area contributed by atoms with Crippen molar-refractivity contribution in [1.29, 1.82) is 0 Å². The van der Waals surface area contributed by atoms with Gasteiger partial charge in [-0.2, -0.15) is 0 Å². The number of hydrogen-bond acceptors (Lipinski definition) is 5. The molecule has 0 bridgehead atoms. The summed E-state index contributed by atoms with van der Waals surface area (Å²) in [6, 6.07) is 19.9. The molecule has 1 saturated heterocycles. The summed E-state index contributed by atoms with van der Waals surface area (Å²) in [5, 5.41) is 2.68. The Kier molecular flexibility index (Phi) is 9.94. The molecule has 1 aliphatic rings. The first-order valence-corrected chi connectivity index (χ1v) is 15.2. The minimum absolute atomic E-state index is 0.0243. The van der Waals surface area contributed by atoms with Crippen molar-refractivity contribution in [2.75, 3.05) is 39.3 Å². The Morgan fingerprint density at radius 3 is 2.50 bits per heavy atom. The average molecular weight is 586 g/mol. The van der Waals surface area contributed by atoms with Crippen LogP contribution in [0.4, 0.5) is 4.39 Å². The third kappa shape index (κ3) is 7.60. The van der Waals surface area contributed by atoms with Crippen molar-refractivity contribution in [3.05, 3.63) is 118 Å². The molecule has 0 spiro atoms. The van der Waals surface area contributed by atoms with Crippen LogP contribution < -0.4 is 0 Å². The van der Waals surface area contributed by atoms with Gasteiger partial charge in [0.2, 0.25) is 0 Å². The number of amides is 2. The number of piperazine rings is 1. The fraction of sp³-hybridized carbons (Fsp3) is 0.303. The Morgan fingerprint density at radius 2 is 1.76 bits per heavy atom. The zero-order valence-corrected chi connectivity index (χ0v) is 24.7. The molecule has 218 valence electrons. The van der Waals surface area contributed by atoms with Crippen LogP contribution in [0.2, 0.25) is 0 Å². The van der Waals surface area contributed by atoms with Crippen LogP contribution in [0, 0.1) is 5.82 Å². The monoisotopic (exact) mass is 585 g/mol. The summed E-state index contributed by atoms with van der Waals surface area (Å²) in [5.41, 5.74) is 3.12. The normalized spacial score (nSPS) is 14.0. The first kappa shape index (κ1) is 29.4. The molecule has 2 aromatic carbocycles. The largest absolute Gasteiger partial charge is 0.343 e. The van der Waals surface area contributed by atoms with E-state index in [1.165, 1.54) is 41.2 Å². The van der Waals surface area contributed by atoms with Gasteiger partial charge in [0.05, 0.1) is 13.1 Å². The smallest absolute Gasteiger partial charge is 0.273 e. The van der Waals surface area contributed by atoms with E-state index in [1.807, 2.05) is 53.7 Å². The van der Waals surface area contributed by atoms with E-state index in [9.17, 15) is 14.0 Å². The second-order valence-electron chi connectivity index (χ2n) is 10.4. The summed E-state index contributed by atoms with van der Waals surface area (Å²) < 4.78 is 15.4. The van der Waals surface area contributed by atoms with Crippen molar-refractivity contribution >= 4 is 29.2 Å². The number of rotatable bonds is 11. The second-order valence-corrected chi connectivity index (χ2v) is 11.3. The molecule has 5 rings (SSSR count). The molecule has 0 saturated carbocycles. The van der Waals surface area contributed by atoms with Gasteiger partial charge in [0.1, 0.15) is 16.5 Å². The van der Waals surface area contributed by atoms with E-state index < -0.39 is 0 Å². The number of carbonyl (C=O) groups excluding carboxylic acids is 2. The summed E-state index contributed by atoms with van der Waals surface area (Å²) in [6.45, 7) is 7.46. The predicted octanol–water partition coefficient (Wildman–Crippen LogP) is 5.66. The lowest BCUT2D eigenvalue weighted by Gasteiger charge is -2.33. The van der Waals surface area contributed by atoms with Gasteiger partial charge in [-0.1, -0.05) is 49.4 Å². The van der Waals surface area contributed by atoms with Gasteiger partial charge in [-0.15, -0.1) is 11.3 Å². The molecular formula is C33H36FN5O2S. The number of halogens is 1. The van der Waals surface area contributed by atoms with Gasteiger partial charge in [-0.3, -0.25) is 14.5 Å². The van der Waals surface area contributed by atoms with Gasteiger partial charge < -0.3 is 14.4 Å². The Morgan fingerprint density at radius 1 is 1.00 bits per heavy atom. The number of thiazole rings is 1. The van der Waals surface area contributed by atoms with E-state index in [4.69, 9.17) is 0 Å². The summed E-state index contributed by atoms with van der Waals surface area (Å²) >= 11 is 1.48. The van der Waals surface area contributed by atoms with Crippen molar-refractivity contribution in [3.8, 4) is 0 Å². The van der Waals surface area contributed by atoms with Gasteiger partial charge in [-0.05, 0) is 48.4 Å². The van der Waals surface area contributed by atoms with Crippen LogP contribution in [0.25, 0.3) is 6.08 Å². The Labute approximate surface area is 250 Å². The van der Waals surface area contributed by atoms with Crippen LogP contribution in [0.5, 0.6) is 0 Å². The lowest BCUT2D eigenvalue weighted by atomic mass is 10.2. The molecule has 0 radical (unpaired) electrons. The maximum Gasteiger partial charge on any atom is 0.273 e. The second kappa shape index (κ2) is 14.2. The zero-order valence-electron chi connectivity index (χ0n) is 23.9. The van der Waals surface area contributed by atoms with Crippen LogP contribution in [-0.2, 0) is 13.1 Å². The van der Waals surface area contributed by atoms with Crippen LogP contribution in [-0.4, -0.2) is 75.3 Å². The molecule has 3 heterocycles. The quantitative estimate of drug-likeness (QED) is 0.228. The van der Waals surface area contributed by atoms with E-state index in [1.54, 1.807) is 4.90 Å². The first-order valence-electron chi connectivity index (χ1n) is 14.4. The number of benzene rings is 2. The van der Waals surface area contributed by atoms with Crippen LogP contribution in [0.3, 0.4) is 0 Å². The molecule has 2 aromatic heterocycles. The molecule has 0 aliphatic carbocycles. The lowest BCUT2D eigenvalue weighted by Crippen LogP contribution is -2.48. The van der Waals surface area contributed by atoms with Gasteiger partial charge in [0.15, 0.2) is 0 Å². The molecule has 1 aliphatic heterocycles. The summed E-state index contributed by atoms with van der Waals surface area (Å²) in [7, 11) is 0. The average Bonchev–Trinajstić information content (AvgIpc) is 3.67. The first-order chi connectivity index (χ1) is 20.5. The maximum absolute atomic E-state index is 13.4. The van der Waals surface area contributed by atoms with E-state index in [-0.39, 0.29) is 17.6 Å². The topological polar surface area (TPSA) is 61.7 Å². The van der Waals surface area contributed by atoms with E-state index >= 15 is 0 Å². The fourth-order valence-corrected chi connectivity index (χ4v) is 5.83. The summed E-state index contributed by atoms with van der Waals surface area (Å²) in [5.74, 6) is -0.513. The highest BCUT2D eigenvalue weighted by Gasteiger charge is 2.24. The van der Waals surface area contributed by atoms with Crippen molar-refractivity contribution in [1.82, 2.24) is 24.3 Å². The third-order valence-corrected chi connectivity index (χ3v) is 8.19. The Bertz CT molecular complexity index is 1490. The number of aromatic nitrogens is 2. The highest BCUT2D eigenvalue weighted by molar-refractivity contribution is 7.09. The molecule has 42 heavy (non-hydrogen) atoms. The van der Waals surface area contributed by atoms with E-state index in [0.29, 0.717) is 44.0 Å². The molecule has 4 aromatic rings. The fourth-order valence-electron chi connectivity index (χ4n) is 5.07. The molecule has 9 heteroatoms. The molecule has 0 atom stereocenters. The van der Waals surface area contributed by atoms with Crippen LogP contribution in [0.1, 0.15) is 50.5 Å². The molecule has 0 unspecified atom stereocenters. The van der Waals surface area contributed by atoms with Gasteiger partial charge in [0, 0.05) is 62.1 Å². The molecular weight excluding hydrogens is 549 g/mol.